The summed E-state index contributed by atoms with van der Waals surface area (Å²) in [6.45, 7) is 1.84. The number of nitrogens with one attached hydrogen (secondary N) is 1. The largest absolute Gasteiger partial charge is 0.477 e. The molecular formula is C13H12Cl2N4O4S3. The number of carboxylic acids is 1. The van der Waals surface area contributed by atoms with E-state index in [4.69, 9.17) is 23.2 Å². The predicted octanol–water partition coefficient (Wildman–Crippen LogP) is 1.48. The van der Waals surface area contributed by atoms with E-state index in [-0.39, 0.29) is 5.70 Å². The molecule has 2 aliphatic heterocycles. The Bertz CT molecular complexity index is 800. The highest BCUT2D eigenvalue weighted by molar-refractivity contribution is 8.01. The average molecular weight is 455 g/mol. The summed E-state index contributed by atoms with van der Waals surface area (Å²) in [4.78, 5) is 35.6. The van der Waals surface area contributed by atoms with Gasteiger partial charge in [0.15, 0.2) is 9.18 Å². The fourth-order valence-corrected chi connectivity index (χ4v) is 5.92. The Morgan fingerprint density at radius 2 is 2.19 bits per heavy atom. The first-order valence-corrected chi connectivity index (χ1v) is 10.9. The molecule has 0 aromatic carbocycles. The summed E-state index contributed by atoms with van der Waals surface area (Å²) in [5.74, 6) is -1.53. The molecule has 0 aliphatic carbocycles. The Morgan fingerprint density at radius 1 is 1.46 bits per heavy atom. The summed E-state index contributed by atoms with van der Waals surface area (Å²) < 4.78 is 0.738. The van der Waals surface area contributed by atoms with Crippen LogP contribution in [0.1, 0.15) is 5.01 Å². The number of hydrogen-bond acceptors (Lipinski definition) is 8. The molecule has 0 saturated carbocycles. The second-order valence-electron chi connectivity index (χ2n) is 5.33. The number of halogens is 2. The third-order valence-corrected chi connectivity index (χ3v) is 7.42. The minimum absolute atomic E-state index is 0.0358. The van der Waals surface area contributed by atoms with E-state index in [1.807, 2.05) is 6.92 Å². The smallest absolute Gasteiger partial charge is 0.352 e. The van der Waals surface area contributed by atoms with Crippen LogP contribution in [-0.2, 0) is 14.4 Å². The number of aliphatic carboxylic acids is 1. The number of carboxylic acid groups (broad SMARTS) is 1. The van der Waals surface area contributed by atoms with Crippen molar-refractivity contribution >= 4 is 75.8 Å². The summed E-state index contributed by atoms with van der Waals surface area (Å²) in [7, 11) is 0. The molecule has 2 amide bonds. The number of β-lactam (4-membered cyclic amide) rings is 1. The highest BCUT2D eigenvalue weighted by atomic mass is 35.5. The first-order chi connectivity index (χ1) is 12.3. The van der Waals surface area contributed by atoms with Crippen molar-refractivity contribution in [1.29, 1.82) is 0 Å². The second-order valence-corrected chi connectivity index (χ2v) is 9.94. The van der Waals surface area contributed by atoms with Crippen molar-refractivity contribution in [3.05, 3.63) is 16.3 Å². The van der Waals surface area contributed by atoms with Crippen LogP contribution in [0.25, 0.3) is 0 Å². The molecule has 2 atom stereocenters. The van der Waals surface area contributed by atoms with Crippen molar-refractivity contribution in [2.75, 3.05) is 11.5 Å². The van der Waals surface area contributed by atoms with Gasteiger partial charge in [-0.25, -0.2) is 4.79 Å². The molecule has 13 heteroatoms. The van der Waals surface area contributed by atoms with Crippen LogP contribution in [0.5, 0.6) is 0 Å². The minimum atomic E-state index is -1.29. The minimum Gasteiger partial charge on any atom is -0.477 e. The molecule has 140 valence electrons. The maximum atomic E-state index is 12.4. The number of fused-ring (bicyclic) bond motifs is 1. The van der Waals surface area contributed by atoms with Gasteiger partial charge in [-0.3, -0.25) is 14.5 Å². The van der Waals surface area contributed by atoms with E-state index >= 15 is 0 Å². The standard InChI is InChI=1S/C13H12Cl2N4O4S3/c1-4-17-18-13(26-4)25-3-5-2-24-11-6(16-9(20)8(14)15)10(21)19(11)7(5)12(22)23/h6,8,11H,2-3H2,1H3,(H,16,20)(H,22,23)/t6?,11-/m1/s1. The Hall–Kier alpha value is -1.01. The molecule has 3 heterocycles. The monoisotopic (exact) mass is 454 g/mol. The van der Waals surface area contributed by atoms with Gasteiger partial charge in [0.05, 0.1) is 0 Å². The van der Waals surface area contributed by atoms with Gasteiger partial charge < -0.3 is 10.4 Å². The van der Waals surface area contributed by atoms with Gasteiger partial charge in [-0.1, -0.05) is 46.3 Å². The number of carbonyl (C=O) groups is 3. The van der Waals surface area contributed by atoms with Crippen molar-refractivity contribution in [1.82, 2.24) is 20.4 Å². The van der Waals surface area contributed by atoms with Gasteiger partial charge in [-0.05, 0) is 12.5 Å². The molecule has 3 rings (SSSR count). The average Bonchev–Trinajstić information content (AvgIpc) is 3.01. The zero-order chi connectivity index (χ0) is 19.0. The van der Waals surface area contributed by atoms with E-state index < -0.39 is 34.0 Å². The molecule has 0 radical (unpaired) electrons. The van der Waals surface area contributed by atoms with Crippen LogP contribution in [0.3, 0.4) is 0 Å². The van der Waals surface area contributed by atoms with Crippen LogP contribution in [0, 0.1) is 6.92 Å². The quantitative estimate of drug-likeness (QED) is 0.377. The van der Waals surface area contributed by atoms with Gasteiger partial charge in [-0.15, -0.1) is 22.0 Å². The molecule has 1 aromatic rings. The first-order valence-electron chi connectivity index (χ1n) is 7.21. The van der Waals surface area contributed by atoms with Crippen molar-refractivity contribution in [2.45, 2.75) is 27.5 Å². The number of hydrogen-bond donors (Lipinski definition) is 2. The third kappa shape index (κ3) is 3.81. The number of aryl methyl sites for hydroxylation is 1. The van der Waals surface area contributed by atoms with E-state index in [0.29, 0.717) is 17.1 Å². The molecule has 0 spiro atoms. The number of thioether (sulfide) groups is 2. The summed E-state index contributed by atoms with van der Waals surface area (Å²) in [6, 6.07) is -0.832. The van der Waals surface area contributed by atoms with Crippen LogP contribution in [0.2, 0.25) is 0 Å². The van der Waals surface area contributed by atoms with E-state index in [1.165, 1.54) is 39.8 Å². The lowest BCUT2D eigenvalue weighted by Crippen LogP contribution is -2.71. The van der Waals surface area contributed by atoms with E-state index in [1.54, 1.807) is 0 Å². The number of aromatic nitrogens is 2. The summed E-state index contributed by atoms with van der Waals surface area (Å²) in [6.07, 6.45) is 0. The van der Waals surface area contributed by atoms with Crippen LogP contribution in [-0.4, -0.2) is 65.7 Å². The van der Waals surface area contributed by atoms with Crippen LogP contribution >= 0.6 is 58.1 Å². The lowest BCUT2D eigenvalue weighted by atomic mass is 10.0. The van der Waals surface area contributed by atoms with Crippen molar-refractivity contribution in [2.24, 2.45) is 0 Å². The molecule has 2 aliphatic rings. The molecule has 0 bridgehead atoms. The van der Waals surface area contributed by atoms with E-state index in [2.05, 4.69) is 15.5 Å². The molecule has 2 N–H and O–H groups in total. The van der Waals surface area contributed by atoms with Gasteiger partial charge in [0.25, 0.3) is 11.8 Å². The molecule has 1 fully saturated rings. The number of alkyl halides is 2. The van der Waals surface area contributed by atoms with Crippen molar-refractivity contribution < 1.29 is 19.5 Å². The first kappa shape index (κ1) is 19.7. The van der Waals surface area contributed by atoms with E-state index in [0.717, 1.165) is 9.35 Å². The fraction of sp³-hybridized carbons (Fsp3) is 0.462. The Labute approximate surface area is 170 Å². The van der Waals surface area contributed by atoms with Gasteiger partial charge in [0, 0.05) is 11.5 Å². The van der Waals surface area contributed by atoms with E-state index in [9.17, 15) is 19.5 Å². The second kappa shape index (κ2) is 7.93. The molecule has 26 heavy (non-hydrogen) atoms. The summed E-state index contributed by atoms with van der Waals surface area (Å²) in [5.41, 5.74) is 0.591. The normalized spacial score (nSPS) is 22.3. The topological polar surface area (TPSA) is 112 Å². The predicted molar refractivity (Wildman–Crippen MR) is 101 cm³/mol. The number of carbonyl (C=O) groups excluding carboxylic acids is 2. The SMILES string of the molecule is Cc1nnc(SCC2=C(C(=O)O)N3C(=O)C(NC(=O)C(Cl)Cl)[C@H]3SC2)s1. The van der Waals surface area contributed by atoms with Crippen LogP contribution in [0.15, 0.2) is 15.6 Å². The Morgan fingerprint density at radius 3 is 2.77 bits per heavy atom. The maximum absolute atomic E-state index is 12.4. The Balaban J connectivity index is 1.75. The highest BCUT2D eigenvalue weighted by Gasteiger charge is 2.54. The number of amides is 2. The molecule has 1 aromatic heterocycles. The summed E-state index contributed by atoms with van der Waals surface area (Å²) in [5, 5.41) is 20.3. The maximum Gasteiger partial charge on any atom is 0.352 e. The van der Waals surface area contributed by atoms with Crippen LogP contribution in [0.4, 0.5) is 0 Å². The zero-order valence-corrected chi connectivity index (χ0v) is 17.1. The molecule has 1 saturated heterocycles. The highest BCUT2D eigenvalue weighted by Crippen LogP contribution is 2.41. The molecular weight excluding hydrogens is 443 g/mol. The molecule has 1 unspecified atom stereocenters. The van der Waals surface area contributed by atoms with Gasteiger partial charge in [0.2, 0.25) is 0 Å². The van der Waals surface area contributed by atoms with Gasteiger partial charge in [0.1, 0.15) is 22.1 Å². The fourth-order valence-electron chi connectivity index (χ4n) is 2.50. The lowest BCUT2D eigenvalue weighted by molar-refractivity contribution is -0.150. The van der Waals surface area contributed by atoms with Crippen molar-refractivity contribution in [3.63, 3.8) is 0 Å². The Kier molecular flexibility index (Phi) is 6.02. The van der Waals surface area contributed by atoms with Crippen molar-refractivity contribution in [3.8, 4) is 0 Å². The lowest BCUT2D eigenvalue weighted by Gasteiger charge is -2.49. The number of rotatable bonds is 6. The van der Waals surface area contributed by atoms with Gasteiger partial charge in [-0.2, -0.15) is 0 Å². The molecule has 8 nitrogen and oxygen atoms in total. The van der Waals surface area contributed by atoms with Crippen LogP contribution < -0.4 is 5.32 Å². The zero-order valence-electron chi connectivity index (χ0n) is 13.1. The third-order valence-electron chi connectivity index (χ3n) is 3.62. The van der Waals surface area contributed by atoms with Gasteiger partial charge >= 0.3 is 5.97 Å². The number of nitrogens with zero attached hydrogens (tertiary/aromatic N) is 3. The summed E-state index contributed by atoms with van der Waals surface area (Å²) >= 11 is 15.2.